The van der Waals surface area contributed by atoms with E-state index in [2.05, 4.69) is 58.0 Å². The molecule has 3 rings (SSSR count). The van der Waals surface area contributed by atoms with Crippen molar-refractivity contribution in [2.45, 2.75) is 26.3 Å². The molecule has 28 heavy (non-hydrogen) atoms. The van der Waals surface area contributed by atoms with Crippen molar-refractivity contribution in [2.24, 2.45) is 4.99 Å². The van der Waals surface area contributed by atoms with Gasteiger partial charge >= 0.3 is 0 Å². The second-order valence-electron chi connectivity index (χ2n) is 6.43. The predicted molar refractivity (Wildman–Crippen MR) is 128 cm³/mol. The Labute approximate surface area is 184 Å². The van der Waals surface area contributed by atoms with Crippen molar-refractivity contribution in [3.8, 4) is 5.75 Å². The van der Waals surface area contributed by atoms with Crippen LogP contribution in [-0.4, -0.2) is 31.1 Å². The molecule has 6 heteroatoms. The van der Waals surface area contributed by atoms with Gasteiger partial charge in [-0.2, -0.15) is 0 Å². The Morgan fingerprint density at radius 3 is 2.61 bits per heavy atom. The molecule has 0 aliphatic heterocycles. The van der Waals surface area contributed by atoms with E-state index >= 15 is 0 Å². The van der Waals surface area contributed by atoms with Gasteiger partial charge in [0.15, 0.2) is 5.96 Å². The standard InChI is InChI=1S/C22H28N4O.HI/c1-3-23-22(26-15-17-10-12-19(27-2)13-11-17)24-14-6-7-18-16-25-21-9-5-4-8-20(18)21;/h4-5,8-13,16,25H,3,6-7,14-15H2,1-2H3,(H2,23,24,26);1H. The largest absolute Gasteiger partial charge is 0.497 e. The van der Waals surface area contributed by atoms with E-state index in [4.69, 9.17) is 4.74 Å². The summed E-state index contributed by atoms with van der Waals surface area (Å²) in [6, 6.07) is 16.5. The third-order valence-electron chi connectivity index (χ3n) is 4.51. The molecule has 0 aliphatic rings. The quantitative estimate of drug-likeness (QED) is 0.188. The van der Waals surface area contributed by atoms with Crippen LogP contribution in [0.1, 0.15) is 24.5 Å². The Morgan fingerprint density at radius 2 is 1.86 bits per heavy atom. The molecule has 5 nitrogen and oxygen atoms in total. The summed E-state index contributed by atoms with van der Waals surface area (Å²) in [5, 5.41) is 8.05. The highest BCUT2D eigenvalue weighted by molar-refractivity contribution is 14.0. The molecule has 2 aromatic carbocycles. The van der Waals surface area contributed by atoms with Crippen molar-refractivity contribution in [3.05, 3.63) is 65.9 Å². The highest BCUT2D eigenvalue weighted by atomic mass is 127. The van der Waals surface area contributed by atoms with Gasteiger partial charge in [0.1, 0.15) is 5.75 Å². The van der Waals surface area contributed by atoms with E-state index < -0.39 is 0 Å². The van der Waals surface area contributed by atoms with E-state index in [0.29, 0.717) is 6.54 Å². The molecule has 0 fully saturated rings. The van der Waals surface area contributed by atoms with Crippen molar-refractivity contribution >= 4 is 40.8 Å². The lowest BCUT2D eigenvalue weighted by Gasteiger charge is -2.11. The molecule has 0 aliphatic carbocycles. The summed E-state index contributed by atoms with van der Waals surface area (Å²) in [6.07, 6.45) is 4.21. The SMILES string of the molecule is CCNC(=NCc1ccc(OC)cc1)NCCCc1c[nH]c2ccccc12.I. The van der Waals surface area contributed by atoms with Crippen molar-refractivity contribution in [1.82, 2.24) is 15.6 Å². The molecule has 3 N–H and O–H groups in total. The Bertz CT molecular complexity index is 874. The molecule has 1 aromatic heterocycles. The van der Waals surface area contributed by atoms with Gasteiger partial charge in [-0.15, -0.1) is 24.0 Å². The van der Waals surface area contributed by atoms with Gasteiger partial charge in [-0.25, -0.2) is 4.99 Å². The van der Waals surface area contributed by atoms with Crippen LogP contribution in [0.5, 0.6) is 5.75 Å². The number of ether oxygens (including phenoxy) is 1. The van der Waals surface area contributed by atoms with Crippen LogP contribution in [0.3, 0.4) is 0 Å². The number of hydrogen-bond acceptors (Lipinski definition) is 2. The second-order valence-corrected chi connectivity index (χ2v) is 6.43. The molecule has 0 saturated heterocycles. The highest BCUT2D eigenvalue weighted by Crippen LogP contribution is 2.18. The first kappa shape index (κ1) is 22.1. The molecule has 0 radical (unpaired) electrons. The minimum absolute atomic E-state index is 0. The Balaban J connectivity index is 0.00000280. The number of nitrogens with zero attached hydrogens (tertiary/aromatic N) is 1. The number of methoxy groups -OCH3 is 1. The fourth-order valence-electron chi connectivity index (χ4n) is 3.07. The number of hydrogen-bond donors (Lipinski definition) is 3. The zero-order chi connectivity index (χ0) is 18.9. The predicted octanol–water partition coefficient (Wildman–Crippen LogP) is 4.48. The molecule has 0 bridgehead atoms. The molecule has 0 unspecified atom stereocenters. The Morgan fingerprint density at radius 1 is 1.07 bits per heavy atom. The van der Waals surface area contributed by atoms with Gasteiger partial charge in [0.05, 0.1) is 13.7 Å². The number of aryl methyl sites for hydroxylation is 1. The number of aliphatic imine (C=N–C) groups is 1. The Kier molecular flexibility index (Phi) is 9.13. The smallest absolute Gasteiger partial charge is 0.191 e. The first-order valence-corrected chi connectivity index (χ1v) is 9.50. The number of aromatic amines is 1. The van der Waals surface area contributed by atoms with E-state index in [9.17, 15) is 0 Å². The monoisotopic (exact) mass is 492 g/mol. The van der Waals surface area contributed by atoms with E-state index in [1.165, 1.54) is 16.5 Å². The van der Waals surface area contributed by atoms with Gasteiger partial charge in [0, 0.05) is 30.2 Å². The van der Waals surface area contributed by atoms with E-state index in [-0.39, 0.29) is 24.0 Å². The van der Waals surface area contributed by atoms with Crippen molar-refractivity contribution in [1.29, 1.82) is 0 Å². The minimum atomic E-state index is 0. The lowest BCUT2D eigenvalue weighted by molar-refractivity contribution is 0.414. The molecule has 150 valence electrons. The van der Waals surface area contributed by atoms with Crippen LogP contribution in [0.15, 0.2) is 59.7 Å². The summed E-state index contributed by atoms with van der Waals surface area (Å²) in [5.74, 6) is 1.72. The molecule has 0 spiro atoms. The molecule has 0 atom stereocenters. The molecule has 3 aromatic rings. The van der Waals surface area contributed by atoms with Gasteiger partial charge in [0.2, 0.25) is 0 Å². The fraction of sp³-hybridized carbons (Fsp3) is 0.318. The van der Waals surface area contributed by atoms with E-state index in [1.807, 2.05) is 24.3 Å². The molecule has 1 heterocycles. The summed E-state index contributed by atoms with van der Waals surface area (Å²) in [6.45, 7) is 4.45. The van der Waals surface area contributed by atoms with Crippen molar-refractivity contribution in [2.75, 3.05) is 20.2 Å². The number of benzene rings is 2. The van der Waals surface area contributed by atoms with Crippen LogP contribution in [-0.2, 0) is 13.0 Å². The third kappa shape index (κ3) is 6.15. The topological polar surface area (TPSA) is 61.4 Å². The van der Waals surface area contributed by atoms with Gasteiger partial charge in [-0.3, -0.25) is 0 Å². The first-order valence-electron chi connectivity index (χ1n) is 9.50. The number of halogens is 1. The number of rotatable bonds is 8. The van der Waals surface area contributed by atoms with Crippen LogP contribution in [0, 0.1) is 0 Å². The van der Waals surface area contributed by atoms with Crippen LogP contribution >= 0.6 is 24.0 Å². The van der Waals surface area contributed by atoms with Gasteiger partial charge in [-0.05, 0) is 49.1 Å². The van der Waals surface area contributed by atoms with Crippen LogP contribution in [0.4, 0.5) is 0 Å². The second kappa shape index (κ2) is 11.6. The number of aromatic nitrogens is 1. The van der Waals surface area contributed by atoms with Crippen LogP contribution < -0.4 is 15.4 Å². The fourth-order valence-corrected chi connectivity index (χ4v) is 3.07. The molecule has 0 amide bonds. The molecule has 0 saturated carbocycles. The average Bonchev–Trinajstić information content (AvgIpc) is 3.13. The van der Waals surface area contributed by atoms with E-state index in [1.54, 1.807) is 7.11 Å². The zero-order valence-corrected chi connectivity index (χ0v) is 18.8. The average molecular weight is 492 g/mol. The lowest BCUT2D eigenvalue weighted by atomic mass is 10.1. The third-order valence-corrected chi connectivity index (χ3v) is 4.51. The van der Waals surface area contributed by atoms with Crippen molar-refractivity contribution < 1.29 is 4.74 Å². The normalized spacial score (nSPS) is 11.1. The number of guanidine groups is 1. The molecular formula is C22H29IN4O. The summed E-state index contributed by atoms with van der Waals surface area (Å²) < 4.78 is 5.19. The summed E-state index contributed by atoms with van der Waals surface area (Å²) in [7, 11) is 1.68. The van der Waals surface area contributed by atoms with Crippen molar-refractivity contribution in [3.63, 3.8) is 0 Å². The maximum atomic E-state index is 5.19. The number of fused-ring (bicyclic) bond motifs is 1. The maximum absolute atomic E-state index is 5.19. The minimum Gasteiger partial charge on any atom is -0.497 e. The van der Waals surface area contributed by atoms with Gasteiger partial charge in [0.25, 0.3) is 0 Å². The first-order chi connectivity index (χ1) is 13.3. The van der Waals surface area contributed by atoms with Crippen LogP contribution in [0.2, 0.25) is 0 Å². The van der Waals surface area contributed by atoms with Gasteiger partial charge in [-0.1, -0.05) is 30.3 Å². The summed E-state index contributed by atoms with van der Waals surface area (Å²) in [5.41, 5.74) is 3.73. The van der Waals surface area contributed by atoms with Gasteiger partial charge < -0.3 is 20.4 Å². The highest BCUT2D eigenvalue weighted by Gasteiger charge is 2.03. The summed E-state index contributed by atoms with van der Waals surface area (Å²) >= 11 is 0. The number of nitrogens with one attached hydrogen (secondary N) is 3. The Hall–Kier alpha value is -2.22. The zero-order valence-electron chi connectivity index (χ0n) is 16.5. The number of para-hydroxylation sites is 1. The lowest BCUT2D eigenvalue weighted by Crippen LogP contribution is -2.37. The number of H-pyrrole nitrogens is 1. The molecular weight excluding hydrogens is 463 g/mol. The van der Waals surface area contributed by atoms with Crippen LogP contribution in [0.25, 0.3) is 10.9 Å². The maximum Gasteiger partial charge on any atom is 0.191 e. The summed E-state index contributed by atoms with van der Waals surface area (Å²) in [4.78, 5) is 8.01. The van der Waals surface area contributed by atoms with E-state index in [0.717, 1.165) is 43.2 Å².